The summed E-state index contributed by atoms with van der Waals surface area (Å²) in [5, 5.41) is 11.9. The fraction of sp³-hybridized carbons (Fsp3) is 0.240. The summed E-state index contributed by atoms with van der Waals surface area (Å²) in [6.45, 7) is 4.09. The van der Waals surface area contributed by atoms with E-state index in [9.17, 15) is 19.5 Å². The lowest BCUT2D eigenvalue weighted by atomic mass is 10.0. The van der Waals surface area contributed by atoms with Gasteiger partial charge in [0, 0.05) is 18.7 Å². The van der Waals surface area contributed by atoms with Gasteiger partial charge >= 0.3 is 5.97 Å². The number of nitrogens with zero attached hydrogens (tertiary/aromatic N) is 1. The predicted octanol–water partition coefficient (Wildman–Crippen LogP) is 3.96. The normalized spacial score (nSPS) is 11.7. The molecule has 0 saturated carbocycles. The fourth-order valence-corrected chi connectivity index (χ4v) is 3.33. The summed E-state index contributed by atoms with van der Waals surface area (Å²) in [6.07, 6.45) is 1.45. The summed E-state index contributed by atoms with van der Waals surface area (Å²) in [6, 6.07) is 18.7. The first kappa shape index (κ1) is 22.8. The summed E-state index contributed by atoms with van der Waals surface area (Å²) in [5.74, 6) is -1.84. The Labute approximate surface area is 186 Å². The second kappa shape index (κ2) is 10.4. The van der Waals surface area contributed by atoms with Gasteiger partial charge in [0.15, 0.2) is 5.76 Å². The van der Waals surface area contributed by atoms with Gasteiger partial charge in [0.1, 0.15) is 6.04 Å². The average molecular weight is 434 g/mol. The molecule has 3 rings (SSSR count). The van der Waals surface area contributed by atoms with Gasteiger partial charge < -0.3 is 19.7 Å². The Morgan fingerprint density at radius 2 is 1.62 bits per heavy atom. The molecule has 1 heterocycles. The van der Waals surface area contributed by atoms with Crippen LogP contribution >= 0.6 is 0 Å². The topological polar surface area (TPSA) is 99.9 Å². The number of nitrogens with one attached hydrogen (secondary N) is 1. The monoisotopic (exact) mass is 434 g/mol. The van der Waals surface area contributed by atoms with Gasteiger partial charge in [-0.1, -0.05) is 56.3 Å². The van der Waals surface area contributed by atoms with E-state index < -0.39 is 17.9 Å². The highest BCUT2D eigenvalue weighted by atomic mass is 16.4. The second-order valence-corrected chi connectivity index (χ2v) is 7.86. The van der Waals surface area contributed by atoms with E-state index in [4.69, 9.17) is 4.42 Å². The lowest BCUT2D eigenvalue weighted by Gasteiger charge is -2.22. The molecule has 1 aromatic heterocycles. The van der Waals surface area contributed by atoms with Gasteiger partial charge in [0.05, 0.1) is 6.26 Å². The minimum atomic E-state index is -1.08. The van der Waals surface area contributed by atoms with E-state index in [1.165, 1.54) is 6.26 Å². The number of furan rings is 1. The number of hydrogen-bond donors (Lipinski definition) is 2. The van der Waals surface area contributed by atoms with Crippen molar-refractivity contribution in [3.05, 3.63) is 95.4 Å². The molecule has 0 bridgehead atoms. The van der Waals surface area contributed by atoms with Crippen LogP contribution in [0.4, 0.5) is 0 Å². The van der Waals surface area contributed by atoms with Crippen LogP contribution in [0.2, 0.25) is 0 Å². The maximum Gasteiger partial charge on any atom is 0.326 e. The number of carbonyl (C=O) groups excluding carboxylic acids is 2. The molecule has 2 amide bonds. The zero-order valence-corrected chi connectivity index (χ0v) is 18.0. The fourth-order valence-electron chi connectivity index (χ4n) is 3.33. The Hall–Kier alpha value is -3.87. The van der Waals surface area contributed by atoms with Crippen LogP contribution in [0.25, 0.3) is 0 Å². The predicted molar refractivity (Wildman–Crippen MR) is 119 cm³/mol. The molecule has 3 aromatic rings. The van der Waals surface area contributed by atoms with Crippen molar-refractivity contribution >= 4 is 17.8 Å². The lowest BCUT2D eigenvalue weighted by molar-refractivity contribution is -0.140. The van der Waals surface area contributed by atoms with E-state index >= 15 is 0 Å². The molecule has 7 nitrogen and oxygen atoms in total. The number of amides is 2. The van der Waals surface area contributed by atoms with Crippen molar-refractivity contribution in [3.63, 3.8) is 0 Å². The molecule has 1 atom stereocenters. The molecule has 7 heteroatoms. The Morgan fingerprint density at radius 1 is 0.938 bits per heavy atom. The zero-order valence-electron chi connectivity index (χ0n) is 18.0. The van der Waals surface area contributed by atoms with Crippen LogP contribution in [0.5, 0.6) is 0 Å². The molecule has 0 saturated heterocycles. The van der Waals surface area contributed by atoms with Crippen molar-refractivity contribution in [2.75, 3.05) is 0 Å². The minimum Gasteiger partial charge on any atom is -0.480 e. The second-order valence-electron chi connectivity index (χ2n) is 7.86. The van der Waals surface area contributed by atoms with Gasteiger partial charge in [0.25, 0.3) is 11.8 Å². The molecule has 2 aromatic carbocycles. The van der Waals surface area contributed by atoms with Crippen LogP contribution in [-0.4, -0.2) is 33.8 Å². The Kier molecular flexibility index (Phi) is 7.44. The summed E-state index contributed by atoms with van der Waals surface area (Å²) in [7, 11) is 0. The number of aliphatic carboxylic acids is 1. The average Bonchev–Trinajstić information content (AvgIpc) is 3.32. The smallest absolute Gasteiger partial charge is 0.326 e. The standard InChI is InChI=1S/C25H26N2O5/c1-17(2)22(25(30)31)26-23(28)20-11-6-10-19(14-20)16-27(15-18-8-4-3-5-9-18)24(29)21-12-7-13-32-21/h3-14,17,22H,15-16H2,1-2H3,(H,26,28)(H,30,31)/t22-/m0/s1. The van der Waals surface area contributed by atoms with Crippen molar-refractivity contribution in [3.8, 4) is 0 Å². The summed E-state index contributed by atoms with van der Waals surface area (Å²) in [5.41, 5.74) is 2.03. The maximum absolute atomic E-state index is 13.0. The van der Waals surface area contributed by atoms with Crippen molar-refractivity contribution in [1.82, 2.24) is 10.2 Å². The lowest BCUT2D eigenvalue weighted by Crippen LogP contribution is -2.44. The molecule has 0 aliphatic rings. The van der Waals surface area contributed by atoms with Gasteiger partial charge in [-0.25, -0.2) is 4.79 Å². The van der Waals surface area contributed by atoms with Gasteiger partial charge in [-0.05, 0) is 41.3 Å². The molecule has 0 radical (unpaired) electrons. The SMILES string of the molecule is CC(C)[C@H](NC(=O)c1cccc(CN(Cc2ccccc2)C(=O)c2ccco2)c1)C(=O)O. The quantitative estimate of drug-likeness (QED) is 0.531. The number of carboxylic acids is 1. The van der Waals surface area contributed by atoms with Crippen molar-refractivity contribution in [2.24, 2.45) is 5.92 Å². The van der Waals surface area contributed by atoms with Gasteiger partial charge in [-0.3, -0.25) is 9.59 Å². The highest BCUT2D eigenvalue weighted by Gasteiger charge is 2.24. The molecule has 0 aliphatic heterocycles. The molecule has 0 aliphatic carbocycles. The van der Waals surface area contributed by atoms with Gasteiger partial charge in [-0.2, -0.15) is 0 Å². The van der Waals surface area contributed by atoms with Crippen molar-refractivity contribution in [2.45, 2.75) is 33.0 Å². The van der Waals surface area contributed by atoms with E-state index in [1.54, 1.807) is 49.1 Å². The Balaban J connectivity index is 1.81. The first-order chi connectivity index (χ1) is 15.3. The molecule has 2 N–H and O–H groups in total. The molecule has 0 fully saturated rings. The van der Waals surface area contributed by atoms with E-state index in [2.05, 4.69) is 5.32 Å². The number of carbonyl (C=O) groups is 3. The van der Waals surface area contributed by atoms with Crippen LogP contribution in [-0.2, 0) is 17.9 Å². The summed E-state index contributed by atoms with van der Waals surface area (Å²) >= 11 is 0. The summed E-state index contributed by atoms with van der Waals surface area (Å²) in [4.78, 5) is 38.7. The van der Waals surface area contributed by atoms with Gasteiger partial charge in [-0.15, -0.1) is 0 Å². The number of hydrogen-bond acceptors (Lipinski definition) is 4. The van der Waals surface area contributed by atoms with Crippen molar-refractivity contribution in [1.29, 1.82) is 0 Å². The molecule has 166 valence electrons. The third kappa shape index (κ3) is 5.85. The Bertz CT molecular complexity index is 1060. The van der Waals surface area contributed by atoms with E-state index in [0.29, 0.717) is 12.1 Å². The van der Waals surface area contributed by atoms with Crippen LogP contribution in [0.1, 0.15) is 45.9 Å². The third-order valence-electron chi connectivity index (χ3n) is 5.02. The first-order valence-corrected chi connectivity index (χ1v) is 10.3. The van der Waals surface area contributed by atoms with E-state index in [1.807, 2.05) is 36.4 Å². The molecule has 0 unspecified atom stereocenters. The number of rotatable bonds is 9. The minimum absolute atomic E-state index is 0.232. The first-order valence-electron chi connectivity index (χ1n) is 10.3. The van der Waals surface area contributed by atoms with E-state index in [-0.39, 0.29) is 24.1 Å². The Morgan fingerprint density at radius 3 is 2.25 bits per heavy atom. The highest BCUT2D eigenvalue weighted by molar-refractivity contribution is 5.97. The van der Waals surface area contributed by atoms with Crippen molar-refractivity contribution < 1.29 is 23.9 Å². The summed E-state index contributed by atoms with van der Waals surface area (Å²) < 4.78 is 5.29. The van der Waals surface area contributed by atoms with E-state index in [0.717, 1.165) is 11.1 Å². The molecular formula is C25H26N2O5. The van der Waals surface area contributed by atoms with Crippen LogP contribution in [0.3, 0.4) is 0 Å². The van der Waals surface area contributed by atoms with Crippen LogP contribution in [0.15, 0.2) is 77.4 Å². The molecule has 0 spiro atoms. The van der Waals surface area contributed by atoms with Gasteiger partial charge in [0.2, 0.25) is 0 Å². The largest absolute Gasteiger partial charge is 0.480 e. The van der Waals surface area contributed by atoms with Crippen LogP contribution in [0, 0.1) is 5.92 Å². The molecule has 32 heavy (non-hydrogen) atoms. The third-order valence-corrected chi connectivity index (χ3v) is 5.02. The zero-order chi connectivity index (χ0) is 23.1. The maximum atomic E-state index is 13.0. The number of carboxylic acid groups (broad SMARTS) is 1. The molecular weight excluding hydrogens is 408 g/mol. The van der Waals surface area contributed by atoms with Crippen LogP contribution < -0.4 is 5.32 Å². The highest BCUT2D eigenvalue weighted by Crippen LogP contribution is 2.16. The number of benzene rings is 2.